The van der Waals surface area contributed by atoms with Gasteiger partial charge in [-0.15, -0.1) is 0 Å². The number of hydrogen-bond donors (Lipinski definition) is 0. The smallest absolute Gasteiger partial charge is 0.125 e. The maximum absolute atomic E-state index is 13.0. The summed E-state index contributed by atoms with van der Waals surface area (Å²) >= 11 is 0. The van der Waals surface area contributed by atoms with E-state index in [-0.39, 0.29) is 5.82 Å². The van der Waals surface area contributed by atoms with E-state index in [2.05, 4.69) is 16.5 Å². The highest BCUT2D eigenvalue weighted by molar-refractivity contribution is 5.76. The monoisotopic (exact) mass is 192 g/mol. The first kappa shape index (κ1) is 9.19. The Morgan fingerprint density at radius 3 is 2.93 bits per heavy atom. The van der Waals surface area contributed by atoms with Crippen LogP contribution in [0.3, 0.4) is 0 Å². The normalized spacial score (nSPS) is 11.1. The van der Waals surface area contributed by atoms with Crippen LogP contribution in [0.25, 0.3) is 11.0 Å². The van der Waals surface area contributed by atoms with Gasteiger partial charge in [0.1, 0.15) is 11.6 Å². The van der Waals surface area contributed by atoms with E-state index in [1.165, 1.54) is 6.07 Å². The number of benzene rings is 1. The van der Waals surface area contributed by atoms with E-state index in [4.69, 9.17) is 0 Å². The average molecular weight is 192 g/mol. The fraction of sp³-hybridized carbons (Fsp3) is 0.364. The van der Waals surface area contributed by atoms with Crippen LogP contribution in [-0.2, 0) is 6.54 Å². The molecule has 74 valence electrons. The van der Waals surface area contributed by atoms with Crippen molar-refractivity contribution < 1.29 is 4.39 Å². The van der Waals surface area contributed by atoms with Crippen LogP contribution < -0.4 is 0 Å². The standard InChI is InChI=1S/C11H13FN2/c1-3-6-14-8(2)13-10-5-4-9(12)7-11(10)14/h4-5,7H,3,6H2,1-2H3. The minimum Gasteiger partial charge on any atom is -0.328 e. The van der Waals surface area contributed by atoms with Gasteiger partial charge in [0.25, 0.3) is 0 Å². The Hall–Kier alpha value is -1.38. The molecule has 2 aromatic rings. The zero-order valence-corrected chi connectivity index (χ0v) is 8.42. The van der Waals surface area contributed by atoms with Crippen LogP contribution >= 0.6 is 0 Å². The highest BCUT2D eigenvalue weighted by Gasteiger charge is 2.06. The summed E-state index contributed by atoms with van der Waals surface area (Å²) in [6, 6.07) is 4.72. The second-order valence-electron chi connectivity index (χ2n) is 3.44. The summed E-state index contributed by atoms with van der Waals surface area (Å²) in [6.07, 6.45) is 1.03. The zero-order valence-electron chi connectivity index (χ0n) is 8.42. The number of nitrogens with zero attached hydrogens (tertiary/aromatic N) is 2. The van der Waals surface area contributed by atoms with Crippen LogP contribution in [0.1, 0.15) is 19.2 Å². The maximum Gasteiger partial charge on any atom is 0.125 e. The van der Waals surface area contributed by atoms with Crippen molar-refractivity contribution in [2.75, 3.05) is 0 Å². The molecule has 2 nitrogen and oxygen atoms in total. The lowest BCUT2D eigenvalue weighted by atomic mass is 10.3. The van der Waals surface area contributed by atoms with E-state index in [1.54, 1.807) is 12.1 Å². The van der Waals surface area contributed by atoms with E-state index < -0.39 is 0 Å². The molecule has 0 aliphatic carbocycles. The zero-order chi connectivity index (χ0) is 10.1. The van der Waals surface area contributed by atoms with Gasteiger partial charge in [0.05, 0.1) is 11.0 Å². The Morgan fingerprint density at radius 1 is 1.43 bits per heavy atom. The van der Waals surface area contributed by atoms with Crippen molar-refractivity contribution >= 4 is 11.0 Å². The van der Waals surface area contributed by atoms with Crippen molar-refractivity contribution in [3.05, 3.63) is 29.8 Å². The third kappa shape index (κ3) is 1.39. The van der Waals surface area contributed by atoms with Crippen LogP contribution in [0.2, 0.25) is 0 Å². The molecule has 1 heterocycles. The van der Waals surface area contributed by atoms with Crippen molar-refractivity contribution in [2.24, 2.45) is 0 Å². The van der Waals surface area contributed by atoms with Crippen molar-refractivity contribution in [1.82, 2.24) is 9.55 Å². The fourth-order valence-electron chi connectivity index (χ4n) is 1.72. The Labute approximate surface area is 82.4 Å². The first-order chi connectivity index (χ1) is 6.72. The third-order valence-electron chi connectivity index (χ3n) is 2.35. The lowest BCUT2D eigenvalue weighted by Gasteiger charge is -2.03. The molecular weight excluding hydrogens is 179 g/mol. The number of halogens is 1. The van der Waals surface area contributed by atoms with Gasteiger partial charge in [0, 0.05) is 6.54 Å². The predicted molar refractivity (Wildman–Crippen MR) is 54.7 cm³/mol. The van der Waals surface area contributed by atoms with Gasteiger partial charge < -0.3 is 4.57 Å². The SMILES string of the molecule is CCCn1c(C)nc2ccc(F)cc21. The Morgan fingerprint density at radius 2 is 2.21 bits per heavy atom. The van der Waals surface area contributed by atoms with Crippen LogP contribution in [0.5, 0.6) is 0 Å². The topological polar surface area (TPSA) is 17.8 Å². The largest absolute Gasteiger partial charge is 0.328 e. The molecule has 0 amide bonds. The van der Waals surface area contributed by atoms with Crippen LogP contribution in [-0.4, -0.2) is 9.55 Å². The second-order valence-corrected chi connectivity index (χ2v) is 3.44. The molecule has 1 aromatic carbocycles. The molecule has 0 spiro atoms. The Kier molecular flexibility index (Phi) is 2.23. The summed E-state index contributed by atoms with van der Waals surface area (Å²) in [5.41, 5.74) is 1.77. The van der Waals surface area contributed by atoms with Crippen molar-refractivity contribution in [2.45, 2.75) is 26.8 Å². The highest BCUT2D eigenvalue weighted by Crippen LogP contribution is 2.17. The molecule has 14 heavy (non-hydrogen) atoms. The number of rotatable bonds is 2. The molecule has 0 radical (unpaired) electrons. The lowest BCUT2D eigenvalue weighted by Crippen LogP contribution is -1.98. The quantitative estimate of drug-likeness (QED) is 0.715. The molecule has 0 aliphatic heterocycles. The first-order valence-corrected chi connectivity index (χ1v) is 4.84. The van der Waals surface area contributed by atoms with Crippen molar-refractivity contribution in [3.8, 4) is 0 Å². The average Bonchev–Trinajstić information content (AvgIpc) is 2.45. The first-order valence-electron chi connectivity index (χ1n) is 4.84. The van der Waals surface area contributed by atoms with Gasteiger partial charge in [0.15, 0.2) is 0 Å². The van der Waals surface area contributed by atoms with Gasteiger partial charge in [0.2, 0.25) is 0 Å². The van der Waals surface area contributed by atoms with Crippen LogP contribution in [0, 0.1) is 12.7 Å². The van der Waals surface area contributed by atoms with E-state index >= 15 is 0 Å². The molecule has 1 aromatic heterocycles. The summed E-state index contributed by atoms with van der Waals surface area (Å²) < 4.78 is 15.1. The molecular formula is C11H13FN2. The number of imidazole rings is 1. The number of aryl methyl sites for hydroxylation is 2. The molecule has 0 fully saturated rings. The predicted octanol–water partition coefficient (Wildman–Crippen LogP) is 2.89. The summed E-state index contributed by atoms with van der Waals surface area (Å²) in [7, 11) is 0. The molecule has 3 heteroatoms. The lowest BCUT2D eigenvalue weighted by molar-refractivity contribution is 0.626. The van der Waals surface area contributed by atoms with Gasteiger partial charge in [-0.2, -0.15) is 0 Å². The summed E-state index contributed by atoms with van der Waals surface area (Å²) in [5.74, 6) is 0.752. The Bertz CT molecular complexity index is 460. The molecule has 0 saturated carbocycles. The minimum absolute atomic E-state index is 0.199. The number of fused-ring (bicyclic) bond motifs is 1. The Balaban J connectivity index is 2.66. The van der Waals surface area contributed by atoms with E-state index in [0.29, 0.717) is 0 Å². The molecule has 0 saturated heterocycles. The molecule has 0 aliphatic rings. The number of hydrogen-bond acceptors (Lipinski definition) is 1. The van der Waals surface area contributed by atoms with Gasteiger partial charge in [-0.1, -0.05) is 6.92 Å². The van der Waals surface area contributed by atoms with Crippen molar-refractivity contribution in [1.29, 1.82) is 0 Å². The molecule has 2 rings (SSSR count). The molecule has 0 unspecified atom stereocenters. The van der Waals surface area contributed by atoms with Gasteiger partial charge in [-0.3, -0.25) is 0 Å². The van der Waals surface area contributed by atoms with E-state index in [0.717, 1.165) is 29.8 Å². The van der Waals surface area contributed by atoms with E-state index in [1.807, 2.05) is 6.92 Å². The van der Waals surface area contributed by atoms with Crippen molar-refractivity contribution in [3.63, 3.8) is 0 Å². The van der Waals surface area contributed by atoms with Gasteiger partial charge in [-0.05, 0) is 31.5 Å². The van der Waals surface area contributed by atoms with Crippen LogP contribution in [0.15, 0.2) is 18.2 Å². The highest BCUT2D eigenvalue weighted by atomic mass is 19.1. The minimum atomic E-state index is -0.199. The fourth-order valence-corrected chi connectivity index (χ4v) is 1.72. The summed E-state index contributed by atoms with van der Waals surface area (Å²) in [6.45, 7) is 4.95. The second kappa shape index (κ2) is 3.40. The number of aromatic nitrogens is 2. The molecule has 0 N–H and O–H groups in total. The van der Waals surface area contributed by atoms with Crippen LogP contribution in [0.4, 0.5) is 4.39 Å². The summed E-state index contributed by atoms with van der Waals surface area (Å²) in [5, 5.41) is 0. The van der Waals surface area contributed by atoms with Gasteiger partial charge in [-0.25, -0.2) is 9.37 Å². The molecule has 0 bridgehead atoms. The maximum atomic E-state index is 13.0. The van der Waals surface area contributed by atoms with E-state index in [9.17, 15) is 4.39 Å². The molecule has 0 atom stereocenters. The summed E-state index contributed by atoms with van der Waals surface area (Å²) in [4.78, 5) is 4.37. The van der Waals surface area contributed by atoms with Gasteiger partial charge >= 0.3 is 0 Å². The third-order valence-corrected chi connectivity index (χ3v) is 2.35.